The number of sulfonamides is 1. The zero-order valence-corrected chi connectivity index (χ0v) is 23.4. The molecule has 0 saturated heterocycles. The lowest BCUT2D eigenvalue weighted by molar-refractivity contribution is 0.410. The fourth-order valence-corrected chi connectivity index (χ4v) is 6.57. The summed E-state index contributed by atoms with van der Waals surface area (Å²) in [5.74, 6) is 0.658. The summed E-state index contributed by atoms with van der Waals surface area (Å²) in [5.41, 5.74) is 4.38. The minimum absolute atomic E-state index is 0.0537. The molecule has 0 aromatic heterocycles. The van der Waals surface area contributed by atoms with E-state index in [1.165, 1.54) is 0 Å². The molecule has 10 heteroatoms. The van der Waals surface area contributed by atoms with Gasteiger partial charge in [0.05, 0.1) is 41.0 Å². The van der Waals surface area contributed by atoms with Crippen LogP contribution in [0.5, 0.6) is 5.75 Å². The summed E-state index contributed by atoms with van der Waals surface area (Å²) in [6.07, 6.45) is 0.503. The van der Waals surface area contributed by atoms with Crippen LogP contribution in [0.1, 0.15) is 34.7 Å². The molecule has 4 rings (SSSR count). The number of methoxy groups -OCH3 is 1. The first-order valence-corrected chi connectivity index (χ1v) is 13.8. The first-order chi connectivity index (χ1) is 17.0. The molecule has 0 spiro atoms. The summed E-state index contributed by atoms with van der Waals surface area (Å²) in [7, 11) is -2.23. The van der Waals surface area contributed by atoms with Crippen molar-refractivity contribution < 1.29 is 13.2 Å². The van der Waals surface area contributed by atoms with Crippen molar-refractivity contribution in [3.05, 3.63) is 85.9 Å². The second kappa shape index (κ2) is 10.6. The number of ether oxygens (including phenoxy) is 1. The van der Waals surface area contributed by atoms with Crippen LogP contribution in [-0.2, 0) is 10.0 Å². The molecule has 1 aliphatic heterocycles. The van der Waals surface area contributed by atoms with Crippen molar-refractivity contribution >= 4 is 56.2 Å². The van der Waals surface area contributed by atoms with E-state index in [2.05, 4.69) is 4.72 Å². The van der Waals surface area contributed by atoms with Gasteiger partial charge in [-0.2, -0.15) is 5.10 Å². The van der Waals surface area contributed by atoms with Crippen molar-refractivity contribution in [2.24, 2.45) is 5.10 Å². The van der Waals surface area contributed by atoms with Gasteiger partial charge < -0.3 is 4.74 Å². The molecule has 0 saturated carbocycles. The van der Waals surface area contributed by atoms with Crippen molar-refractivity contribution in [3.8, 4) is 5.75 Å². The Kier molecular flexibility index (Phi) is 7.88. The molecule has 1 heterocycles. The fourth-order valence-electron chi connectivity index (χ4n) is 4.41. The van der Waals surface area contributed by atoms with Gasteiger partial charge in [-0.3, -0.25) is 5.01 Å². The van der Waals surface area contributed by atoms with Crippen LogP contribution in [0.3, 0.4) is 0 Å². The Morgan fingerprint density at radius 3 is 2.31 bits per heavy atom. The van der Waals surface area contributed by atoms with E-state index in [1.54, 1.807) is 50.2 Å². The van der Waals surface area contributed by atoms with Gasteiger partial charge in [-0.15, -0.1) is 0 Å². The average molecular weight is 567 g/mol. The highest BCUT2D eigenvalue weighted by molar-refractivity contribution is 7.89. The summed E-state index contributed by atoms with van der Waals surface area (Å²) in [6.45, 7) is 5.45. The number of nitrogens with one attached hydrogen (secondary N) is 1. The van der Waals surface area contributed by atoms with E-state index in [-0.39, 0.29) is 17.5 Å². The molecule has 1 atom stereocenters. The predicted octanol–water partition coefficient (Wildman–Crippen LogP) is 6.87. The Balaban J connectivity index is 1.64. The van der Waals surface area contributed by atoms with E-state index >= 15 is 0 Å². The number of anilines is 1. The number of hydrazone groups is 1. The van der Waals surface area contributed by atoms with Crippen LogP contribution in [0.2, 0.25) is 15.1 Å². The molecule has 0 amide bonds. The SMILES string of the molecule is COc1cc(C)c(S(=O)(=O)NCC2=NN(c3ccc(Cl)cc3Cl)C(c3ccc(Cl)cc3)C2)c(C)c1C. The van der Waals surface area contributed by atoms with Crippen molar-refractivity contribution in [2.45, 2.75) is 38.1 Å². The van der Waals surface area contributed by atoms with Crippen LogP contribution < -0.4 is 14.5 Å². The largest absolute Gasteiger partial charge is 0.496 e. The van der Waals surface area contributed by atoms with E-state index in [9.17, 15) is 8.42 Å². The van der Waals surface area contributed by atoms with Crippen molar-refractivity contribution in [1.82, 2.24) is 4.72 Å². The van der Waals surface area contributed by atoms with Crippen LogP contribution in [0.25, 0.3) is 0 Å². The van der Waals surface area contributed by atoms with Crippen LogP contribution in [-0.4, -0.2) is 27.8 Å². The molecule has 0 fully saturated rings. The van der Waals surface area contributed by atoms with E-state index in [0.29, 0.717) is 49.8 Å². The van der Waals surface area contributed by atoms with E-state index in [4.69, 9.17) is 44.6 Å². The molecule has 0 aliphatic carbocycles. The van der Waals surface area contributed by atoms with E-state index in [1.807, 2.05) is 31.2 Å². The van der Waals surface area contributed by atoms with Gasteiger partial charge in [0.2, 0.25) is 10.0 Å². The summed E-state index contributed by atoms with van der Waals surface area (Å²) < 4.78 is 34.8. The van der Waals surface area contributed by atoms with Crippen LogP contribution in [0, 0.1) is 20.8 Å². The standard InChI is InChI=1S/C26H26Cl3N3O3S/c1-15-11-25(35-4)16(2)17(3)26(15)36(33,34)30-14-21-13-24(18-5-7-19(27)8-6-18)32(31-21)23-10-9-20(28)12-22(23)29/h5-12,24,30H,13-14H2,1-4H3. The molecule has 1 unspecified atom stereocenters. The van der Waals surface area contributed by atoms with Gasteiger partial charge in [0.1, 0.15) is 5.75 Å². The maximum atomic E-state index is 13.3. The fraction of sp³-hybridized carbons (Fsp3) is 0.269. The minimum Gasteiger partial charge on any atom is -0.496 e. The van der Waals surface area contributed by atoms with Crippen molar-refractivity contribution in [2.75, 3.05) is 18.7 Å². The summed E-state index contributed by atoms with van der Waals surface area (Å²) in [6, 6.07) is 14.3. The Bertz CT molecular complexity index is 1440. The molecule has 1 aliphatic rings. The number of halogens is 3. The van der Waals surface area contributed by atoms with Gasteiger partial charge >= 0.3 is 0 Å². The van der Waals surface area contributed by atoms with Gasteiger partial charge in [0.15, 0.2) is 0 Å². The third-order valence-corrected chi connectivity index (χ3v) is 8.80. The van der Waals surface area contributed by atoms with Crippen molar-refractivity contribution in [3.63, 3.8) is 0 Å². The third-order valence-electron chi connectivity index (χ3n) is 6.32. The zero-order chi connectivity index (χ0) is 26.2. The molecular formula is C26H26Cl3N3O3S. The maximum Gasteiger partial charge on any atom is 0.241 e. The quantitative estimate of drug-likeness (QED) is 0.339. The second-order valence-corrected chi connectivity index (χ2v) is 11.7. The number of aryl methyl sites for hydroxylation is 1. The Morgan fingerprint density at radius 1 is 1.00 bits per heavy atom. The van der Waals surface area contributed by atoms with Crippen LogP contribution in [0.15, 0.2) is 58.5 Å². The second-order valence-electron chi connectivity index (χ2n) is 8.68. The molecule has 3 aromatic rings. The zero-order valence-electron chi connectivity index (χ0n) is 20.3. The Morgan fingerprint density at radius 2 is 1.67 bits per heavy atom. The highest BCUT2D eigenvalue weighted by Gasteiger charge is 2.31. The first kappa shape index (κ1) is 26.8. The van der Waals surface area contributed by atoms with Gasteiger partial charge in [0, 0.05) is 16.5 Å². The molecular weight excluding hydrogens is 541 g/mol. The lowest BCUT2D eigenvalue weighted by Gasteiger charge is -2.25. The van der Waals surface area contributed by atoms with Gasteiger partial charge in [0.25, 0.3) is 0 Å². The summed E-state index contributed by atoms with van der Waals surface area (Å²) in [5, 5.41) is 8.16. The van der Waals surface area contributed by atoms with E-state index in [0.717, 1.165) is 11.1 Å². The highest BCUT2D eigenvalue weighted by Crippen LogP contribution is 2.40. The first-order valence-electron chi connectivity index (χ1n) is 11.2. The third kappa shape index (κ3) is 5.36. The van der Waals surface area contributed by atoms with Crippen LogP contribution >= 0.6 is 34.8 Å². The number of nitrogens with zero attached hydrogens (tertiary/aromatic N) is 2. The average Bonchev–Trinajstić information content (AvgIpc) is 3.24. The summed E-state index contributed by atoms with van der Waals surface area (Å²) >= 11 is 18.7. The number of hydrogen-bond acceptors (Lipinski definition) is 5. The predicted molar refractivity (Wildman–Crippen MR) is 148 cm³/mol. The molecule has 1 N–H and O–H groups in total. The Labute approximate surface area is 226 Å². The molecule has 190 valence electrons. The summed E-state index contributed by atoms with van der Waals surface area (Å²) in [4.78, 5) is 0.256. The lowest BCUT2D eigenvalue weighted by atomic mass is 10.0. The normalized spacial score (nSPS) is 15.8. The Hall–Kier alpha value is -2.29. The monoisotopic (exact) mass is 565 g/mol. The molecule has 3 aromatic carbocycles. The molecule has 6 nitrogen and oxygen atoms in total. The molecule has 0 bridgehead atoms. The smallest absolute Gasteiger partial charge is 0.241 e. The van der Waals surface area contributed by atoms with Crippen LogP contribution in [0.4, 0.5) is 5.69 Å². The molecule has 0 radical (unpaired) electrons. The molecule has 36 heavy (non-hydrogen) atoms. The number of hydrogen-bond donors (Lipinski definition) is 1. The lowest BCUT2D eigenvalue weighted by Crippen LogP contribution is -2.30. The number of rotatable bonds is 7. The topological polar surface area (TPSA) is 71.0 Å². The van der Waals surface area contributed by atoms with Crippen molar-refractivity contribution in [1.29, 1.82) is 0 Å². The minimum atomic E-state index is -3.81. The van der Waals surface area contributed by atoms with E-state index < -0.39 is 10.0 Å². The van der Waals surface area contributed by atoms with Gasteiger partial charge in [-0.25, -0.2) is 13.1 Å². The van der Waals surface area contributed by atoms with Gasteiger partial charge in [-0.1, -0.05) is 46.9 Å². The number of benzene rings is 3. The highest BCUT2D eigenvalue weighted by atomic mass is 35.5. The maximum absolute atomic E-state index is 13.3. The van der Waals surface area contributed by atoms with Gasteiger partial charge in [-0.05, 0) is 79.4 Å².